The van der Waals surface area contributed by atoms with E-state index in [1.54, 1.807) is 33.5 Å². The Bertz CT molecular complexity index is 1190. The van der Waals surface area contributed by atoms with E-state index < -0.39 is 0 Å². The van der Waals surface area contributed by atoms with Crippen molar-refractivity contribution in [2.75, 3.05) is 35.0 Å². The minimum Gasteiger partial charge on any atom is -0.493 e. The zero-order valence-electron chi connectivity index (χ0n) is 22.5. The first-order valence-corrected chi connectivity index (χ1v) is 12.3. The van der Waals surface area contributed by atoms with Crippen LogP contribution < -0.4 is 24.4 Å². The van der Waals surface area contributed by atoms with Gasteiger partial charge in [0.1, 0.15) is 0 Å². The Hall–Kier alpha value is -3.25. The van der Waals surface area contributed by atoms with Crippen LogP contribution in [-0.4, -0.2) is 35.0 Å². The molecule has 0 fully saturated rings. The molecule has 1 aliphatic carbocycles. The summed E-state index contributed by atoms with van der Waals surface area (Å²) in [6.07, 6.45) is 7.54. The van der Waals surface area contributed by atoms with Crippen molar-refractivity contribution < 1.29 is 23.7 Å². The Kier molecular flexibility index (Phi) is 9.59. The van der Waals surface area contributed by atoms with E-state index in [-0.39, 0.29) is 17.3 Å². The number of benzene rings is 1. The second kappa shape index (κ2) is 12.6. The van der Waals surface area contributed by atoms with Crippen molar-refractivity contribution in [3.8, 4) is 34.1 Å². The van der Waals surface area contributed by atoms with Crippen LogP contribution in [0.4, 0.5) is 0 Å². The van der Waals surface area contributed by atoms with Gasteiger partial charge < -0.3 is 23.7 Å². The third kappa shape index (κ3) is 6.11. The van der Waals surface area contributed by atoms with Crippen LogP contribution in [0.3, 0.4) is 0 Å². The Labute approximate surface area is 214 Å². The summed E-state index contributed by atoms with van der Waals surface area (Å²) in [5.41, 5.74) is 6.01. The molecule has 6 nitrogen and oxygen atoms in total. The molecular weight excluding hydrogens is 456 g/mol. The maximum Gasteiger partial charge on any atom is 0.220 e. The van der Waals surface area contributed by atoms with Gasteiger partial charge in [0.25, 0.3) is 0 Å². The van der Waals surface area contributed by atoms with Crippen molar-refractivity contribution >= 4 is 0 Å². The summed E-state index contributed by atoms with van der Waals surface area (Å²) in [7, 11) is 6.32. The summed E-state index contributed by atoms with van der Waals surface area (Å²) < 4.78 is 28.8. The Morgan fingerprint density at radius 3 is 2.28 bits per heavy atom. The van der Waals surface area contributed by atoms with E-state index in [0.717, 1.165) is 41.5 Å². The number of allylic oxidation sites excluding steroid dienone is 3. The van der Waals surface area contributed by atoms with Crippen LogP contribution in [0, 0.1) is 0 Å². The first kappa shape index (κ1) is 27.3. The average molecular weight is 495 g/mol. The summed E-state index contributed by atoms with van der Waals surface area (Å²) >= 11 is 0. The molecule has 0 unspecified atom stereocenters. The molecule has 194 valence electrons. The standard InChI is InChI=1S/C30H38O6/c1-19(2)9-8-10-20(3)15-16-36-25-13-11-21-17-27(33-5)29(34-6)30(35-7)28(21)22-12-14-26(32-4)24(31)18-23(22)25/h9,12,14-15,17-18,25H,8,10-11,13,16H2,1-7H3/b20-15+/t25-/m1/s1. The second-order valence-corrected chi connectivity index (χ2v) is 9.19. The lowest BCUT2D eigenvalue weighted by Crippen LogP contribution is -2.08. The number of hydrogen-bond donors (Lipinski definition) is 0. The fourth-order valence-electron chi connectivity index (χ4n) is 4.60. The molecule has 1 atom stereocenters. The van der Waals surface area contributed by atoms with E-state index in [9.17, 15) is 4.79 Å². The minimum absolute atomic E-state index is 0.191. The van der Waals surface area contributed by atoms with E-state index in [1.165, 1.54) is 18.3 Å². The number of rotatable bonds is 10. The van der Waals surface area contributed by atoms with Gasteiger partial charge in [-0.2, -0.15) is 0 Å². The van der Waals surface area contributed by atoms with Gasteiger partial charge in [-0.1, -0.05) is 29.4 Å². The summed E-state index contributed by atoms with van der Waals surface area (Å²) in [5.74, 6) is 1.96. The molecule has 0 spiro atoms. The predicted octanol–water partition coefficient (Wildman–Crippen LogP) is 6.44. The number of ether oxygens (including phenoxy) is 5. The van der Waals surface area contributed by atoms with Crippen molar-refractivity contribution in [3.05, 3.63) is 68.9 Å². The fraction of sp³-hybridized carbons (Fsp3) is 0.433. The highest BCUT2D eigenvalue weighted by Crippen LogP contribution is 2.50. The van der Waals surface area contributed by atoms with Gasteiger partial charge in [-0.15, -0.1) is 0 Å². The van der Waals surface area contributed by atoms with Gasteiger partial charge in [0.2, 0.25) is 11.2 Å². The molecule has 0 amide bonds. The lowest BCUT2D eigenvalue weighted by atomic mass is 9.96. The van der Waals surface area contributed by atoms with Crippen molar-refractivity contribution in [3.63, 3.8) is 0 Å². The van der Waals surface area contributed by atoms with E-state index in [0.29, 0.717) is 30.3 Å². The highest BCUT2D eigenvalue weighted by atomic mass is 16.5. The quantitative estimate of drug-likeness (QED) is 0.354. The van der Waals surface area contributed by atoms with Gasteiger partial charge in [0.15, 0.2) is 17.2 Å². The highest BCUT2D eigenvalue weighted by Gasteiger charge is 2.29. The second-order valence-electron chi connectivity index (χ2n) is 9.19. The normalized spacial score (nSPS) is 14.8. The van der Waals surface area contributed by atoms with Crippen LogP contribution in [0.2, 0.25) is 0 Å². The molecule has 0 aromatic heterocycles. The molecule has 0 saturated heterocycles. The van der Waals surface area contributed by atoms with Gasteiger partial charge in [-0.3, -0.25) is 4.79 Å². The van der Waals surface area contributed by atoms with Crippen molar-refractivity contribution in [2.45, 2.75) is 52.6 Å². The van der Waals surface area contributed by atoms with E-state index in [1.807, 2.05) is 12.1 Å². The van der Waals surface area contributed by atoms with Crippen molar-refractivity contribution in [1.82, 2.24) is 0 Å². The molecule has 0 radical (unpaired) electrons. The molecule has 2 aromatic carbocycles. The van der Waals surface area contributed by atoms with E-state index >= 15 is 0 Å². The van der Waals surface area contributed by atoms with Gasteiger partial charge in [-0.25, -0.2) is 0 Å². The van der Waals surface area contributed by atoms with Gasteiger partial charge >= 0.3 is 0 Å². The first-order valence-electron chi connectivity index (χ1n) is 12.3. The molecular formula is C30H38O6. The SMILES string of the molecule is COc1cc2c(c(OC)c1OC)-c1ccc(OC)c(=O)cc1[C@H](OC/C=C(\C)CCC=C(C)C)CC2. The molecule has 6 heteroatoms. The summed E-state index contributed by atoms with van der Waals surface area (Å²) in [6.45, 7) is 6.82. The van der Waals surface area contributed by atoms with Gasteiger partial charge in [-0.05, 0) is 81.3 Å². The van der Waals surface area contributed by atoms with E-state index in [4.69, 9.17) is 23.7 Å². The third-order valence-electron chi connectivity index (χ3n) is 6.49. The van der Waals surface area contributed by atoms with Gasteiger partial charge in [0.05, 0.1) is 41.2 Å². The summed E-state index contributed by atoms with van der Waals surface area (Å²) in [6, 6.07) is 7.23. The molecule has 0 bridgehead atoms. The molecule has 0 heterocycles. The third-order valence-corrected chi connectivity index (χ3v) is 6.49. The minimum atomic E-state index is -0.277. The predicted molar refractivity (Wildman–Crippen MR) is 144 cm³/mol. The monoisotopic (exact) mass is 494 g/mol. The topological polar surface area (TPSA) is 63.2 Å². The zero-order valence-corrected chi connectivity index (χ0v) is 22.5. The maximum absolute atomic E-state index is 13.0. The highest BCUT2D eigenvalue weighted by molar-refractivity contribution is 5.82. The Balaban J connectivity index is 2.08. The van der Waals surface area contributed by atoms with Crippen molar-refractivity contribution in [2.24, 2.45) is 0 Å². The number of fused-ring (bicyclic) bond motifs is 3. The number of aryl methyl sites for hydroxylation is 1. The first-order chi connectivity index (χ1) is 17.3. The molecule has 2 aromatic rings. The zero-order chi connectivity index (χ0) is 26.2. The summed E-state index contributed by atoms with van der Waals surface area (Å²) in [4.78, 5) is 13.0. The van der Waals surface area contributed by atoms with Crippen LogP contribution in [0.15, 0.2) is 52.4 Å². The van der Waals surface area contributed by atoms with E-state index in [2.05, 4.69) is 32.9 Å². The van der Waals surface area contributed by atoms with Crippen LogP contribution in [0.25, 0.3) is 11.1 Å². The van der Waals surface area contributed by atoms with Crippen LogP contribution in [-0.2, 0) is 11.2 Å². The van der Waals surface area contributed by atoms with Crippen LogP contribution in [0.1, 0.15) is 57.3 Å². The van der Waals surface area contributed by atoms with Crippen LogP contribution >= 0.6 is 0 Å². The lowest BCUT2D eigenvalue weighted by molar-refractivity contribution is 0.0683. The maximum atomic E-state index is 13.0. The molecule has 0 saturated carbocycles. The lowest BCUT2D eigenvalue weighted by Gasteiger charge is -2.19. The Morgan fingerprint density at radius 2 is 1.64 bits per heavy atom. The largest absolute Gasteiger partial charge is 0.493 e. The van der Waals surface area contributed by atoms with Crippen LogP contribution in [0.5, 0.6) is 23.0 Å². The van der Waals surface area contributed by atoms with Crippen molar-refractivity contribution in [1.29, 1.82) is 0 Å². The molecule has 36 heavy (non-hydrogen) atoms. The summed E-state index contributed by atoms with van der Waals surface area (Å²) in [5, 5.41) is 0. The molecule has 3 rings (SSSR count). The smallest absolute Gasteiger partial charge is 0.220 e. The fourth-order valence-corrected chi connectivity index (χ4v) is 4.60. The molecule has 1 aliphatic rings. The average Bonchev–Trinajstić information content (AvgIpc) is 3.10. The number of methoxy groups -OCH3 is 4. The number of hydrogen-bond acceptors (Lipinski definition) is 6. The Morgan fingerprint density at radius 1 is 0.917 bits per heavy atom. The van der Waals surface area contributed by atoms with Gasteiger partial charge in [0, 0.05) is 5.56 Å². The molecule has 0 aliphatic heterocycles. The molecule has 0 N–H and O–H groups in total.